The van der Waals surface area contributed by atoms with Crippen LogP contribution in [0.25, 0.3) is 0 Å². The second-order valence-corrected chi connectivity index (χ2v) is 1.34. The summed E-state index contributed by atoms with van der Waals surface area (Å²) >= 11 is 0. The van der Waals surface area contributed by atoms with Crippen molar-refractivity contribution >= 4 is 5.71 Å². The van der Waals surface area contributed by atoms with Crippen molar-refractivity contribution in [3.8, 4) is 6.07 Å². The summed E-state index contributed by atoms with van der Waals surface area (Å²) in [5, 5.41) is 14.8. The molecule has 0 aromatic rings. The molecule has 2 heteroatoms. The smallest absolute Gasteiger partial charge is 0.114 e. The maximum Gasteiger partial charge on any atom is 0.114 e. The molecule has 0 spiro atoms. The van der Waals surface area contributed by atoms with Crippen molar-refractivity contribution in [1.82, 2.24) is 0 Å². The van der Waals surface area contributed by atoms with Gasteiger partial charge in [0.05, 0.1) is 0 Å². The van der Waals surface area contributed by atoms with Gasteiger partial charge >= 0.3 is 0 Å². The van der Waals surface area contributed by atoms with E-state index in [1.807, 2.05) is 6.92 Å². The molecule has 38 valence electrons. The Morgan fingerprint density at radius 2 is 2.43 bits per heavy atom. The van der Waals surface area contributed by atoms with E-state index in [9.17, 15) is 0 Å². The molecule has 7 heavy (non-hydrogen) atoms. The molecule has 0 aliphatic rings. The van der Waals surface area contributed by atoms with E-state index in [0.717, 1.165) is 6.42 Å². The number of rotatable bonds is 2. The molecule has 1 N–H and O–H groups in total. The molecule has 0 fully saturated rings. The molecule has 0 aliphatic heterocycles. The predicted molar refractivity (Wildman–Crippen MR) is 28.2 cm³/mol. The molecule has 0 rings (SSSR count). The Hall–Kier alpha value is -0.840. The van der Waals surface area contributed by atoms with Crippen molar-refractivity contribution in [3.63, 3.8) is 0 Å². The normalized spacial score (nSPS) is 7.43. The van der Waals surface area contributed by atoms with E-state index >= 15 is 0 Å². The Labute approximate surface area is 43.3 Å². The average Bonchev–Trinajstić information content (AvgIpc) is 1.68. The van der Waals surface area contributed by atoms with Gasteiger partial charge in [-0.1, -0.05) is 6.92 Å². The van der Waals surface area contributed by atoms with Gasteiger partial charge in [-0.2, -0.15) is 5.26 Å². The first-order valence-corrected chi connectivity index (χ1v) is 2.28. The third-order valence-electron chi connectivity index (χ3n) is 0.635. The van der Waals surface area contributed by atoms with Crippen LogP contribution in [0.2, 0.25) is 0 Å². The maximum atomic E-state index is 7.99. The zero-order chi connectivity index (χ0) is 5.70. The largest absolute Gasteiger partial charge is 0.294 e. The number of nitrogens with zero attached hydrogens (tertiary/aromatic N) is 1. The van der Waals surface area contributed by atoms with E-state index in [0.29, 0.717) is 6.42 Å². The zero-order valence-electron chi connectivity index (χ0n) is 4.36. The first kappa shape index (κ1) is 6.16. The maximum absolute atomic E-state index is 7.99. The van der Waals surface area contributed by atoms with E-state index in [4.69, 9.17) is 10.7 Å². The fourth-order valence-corrected chi connectivity index (χ4v) is 0.306. The van der Waals surface area contributed by atoms with E-state index in [2.05, 4.69) is 0 Å². The van der Waals surface area contributed by atoms with Crippen LogP contribution < -0.4 is 0 Å². The molecule has 0 saturated heterocycles. The summed E-state index contributed by atoms with van der Waals surface area (Å²) < 4.78 is 0. The lowest BCUT2D eigenvalue weighted by atomic mass is 10.2. The quantitative estimate of drug-likeness (QED) is 0.518. The minimum absolute atomic E-state index is 0.183. The number of hydrogen-bond donors (Lipinski definition) is 1. The van der Waals surface area contributed by atoms with Gasteiger partial charge < -0.3 is 0 Å². The van der Waals surface area contributed by atoms with E-state index in [1.165, 1.54) is 0 Å². The van der Waals surface area contributed by atoms with Crippen LogP contribution in [-0.4, -0.2) is 5.71 Å². The molecule has 0 aliphatic carbocycles. The van der Waals surface area contributed by atoms with Crippen molar-refractivity contribution < 1.29 is 0 Å². The van der Waals surface area contributed by atoms with Gasteiger partial charge in [-0.25, -0.2) is 0 Å². The first-order valence-electron chi connectivity index (χ1n) is 2.28. The molecule has 0 aromatic heterocycles. The lowest BCUT2D eigenvalue weighted by molar-refractivity contribution is 0.991. The second-order valence-electron chi connectivity index (χ2n) is 1.34. The summed E-state index contributed by atoms with van der Waals surface area (Å²) in [6.45, 7) is 1.95. The van der Waals surface area contributed by atoms with Crippen molar-refractivity contribution in [2.45, 2.75) is 19.8 Å². The van der Waals surface area contributed by atoms with Crippen molar-refractivity contribution in [2.75, 3.05) is 0 Å². The number of hydrogen-bond acceptors (Lipinski definition) is 2. The zero-order valence-corrected chi connectivity index (χ0v) is 4.36. The third-order valence-corrected chi connectivity index (χ3v) is 0.635. The fraction of sp³-hybridized carbons (Fsp3) is 0.600. The van der Waals surface area contributed by atoms with Gasteiger partial charge in [0.25, 0.3) is 0 Å². The Morgan fingerprint density at radius 1 is 1.86 bits per heavy atom. The topological polar surface area (TPSA) is 47.6 Å². The van der Waals surface area contributed by atoms with Gasteiger partial charge in [0.2, 0.25) is 0 Å². The number of nitriles is 1. The summed E-state index contributed by atoms with van der Waals surface area (Å²) in [7, 11) is 0. The monoisotopic (exact) mass is 96.1 g/mol. The van der Waals surface area contributed by atoms with E-state index in [-0.39, 0.29) is 5.71 Å². The van der Waals surface area contributed by atoms with Crippen molar-refractivity contribution in [3.05, 3.63) is 0 Å². The molecule has 0 aromatic carbocycles. The van der Waals surface area contributed by atoms with Crippen LogP contribution in [0, 0.1) is 16.7 Å². The van der Waals surface area contributed by atoms with Crippen LogP contribution in [-0.2, 0) is 0 Å². The summed E-state index contributed by atoms with van der Waals surface area (Å²) in [6.07, 6.45) is 1.52. The minimum Gasteiger partial charge on any atom is -0.294 e. The molecular weight excluding hydrogens is 88.1 g/mol. The van der Waals surface area contributed by atoms with Gasteiger partial charge in [0.1, 0.15) is 11.8 Å². The highest BCUT2D eigenvalue weighted by Gasteiger charge is 1.86. The van der Waals surface area contributed by atoms with Crippen LogP contribution in [0.4, 0.5) is 0 Å². The standard InChI is InChI=1S/C5H8N2/c1-2-3-5(7)4-6/h7H,2-3H2,1H3. The van der Waals surface area contributed by atoms with E-state index < -0.39 is 0 Å². The highest BCUT2D eigenvalue weighted by Crippen LogP contribution is 1.85. The number of nitrogens with one attached hydrogen (secondary N) is 1. The van der Waals surface area contributed by atoms with Crippen LogP contribution in [0.1, 0.15) is 19.8 Å². The minimum atomic E-state index is 0.183. The molecule has 0 heterocycles. The van der Waals surface area contributed by atoms with Gasteiger partial charge in [0.15, 0.2) is 0 Å². The van der Waals surface area contributed by atoms with Crippen LogP contribution in [0.15, 0.2) is 0 Å². The van der Waals surface area contributed by atoms with E-state index in [1.54, 1.807) is 6.07 Å². The van der Waals surface area contributed by atoms with Crippen molar-refractivity contribution in [1.29, 1.82) is 10.7 Å². The first-order chi connectivity index (χ1) is 3.31. The van der Waals surface area contributed by atoms with Gasteiger partial charge in [-0.15, -0.1) is 0 Å². The lowest BCUT2D eigenvalue weighted by Crippen LogP contribution is -1.87. The molecule has 0 radical (unpaired) electrons. The summed E-state index contributed by atoms with van der Waals surface area (Å²) in [6, 6.07) is 1.75. The summed E-state index contributed by atoms with van der Waals surface area (Å²) in [5.74, 6) is 0. The Kier molecular flexibility index (Phi) is 2.95. The Morgan fingerprint density at radius 3 is 2.57 bits per heavy atom. The highest BCUT2D eigenvalue weighted by molar-refractivity contribution is 5.95. The molecule has 0 unspecified atom stereocenters. The second kappa shape index (κ2) is 3.35. The van der Waals surface area contributed by atoms with Crippen molar-refractivity contribution in [2.24, 2.45) is 0 Å². The van der Waals surface area contributed by atoms with Gasteiger partial charge in [-0.05, 0) is 12.8 Å². The Balaban J connectivity index is 3.24. The summed E-state index contributed by atoms with van der Waals surface area (Å²) in [4.78, 5) is 0. The fourth-order valence-electron chi connectivity index (χ4n) is 0.306. The molecular formula is C5H8N2. The lowest BCUT2D eigenvalue weighted by Gasteiger charge is -1.82. The summed E-state index contributed by atoms with van der Waals surface area (Å²) in [5.41, 5.74) is 0.183. The molecule has 0 bridgehead atoms. The molecule has 0 saturated carbocycles. The average molecular weight is 96.1 g/mol. The van der Waals surface area contributed by atoms with Gasteiger partial charge in [0, 0.05) is 0 Å². The molecule has 0 atom stereocenters. The SMILES string of the molecule is CCCC(=N)C#N. The molecule has 2 nitrogen and oxygen atoms in total. The highest BCUT2D eigenvalue weighted by atomic mass is 14.4. The Bertz CT molecular complexity index is 99.1. The van der Waals surface area contributed by atoms with Gasteiger partial charge in [-0.3, -0.25) is 5.41 Å². The predicted octanol–water partition coefficient (Wildman–Crippen LogP) is 1.33. The third kappa shape index (κ3) is 2.98. The van der Waals surface area contributed by atoms with Crippen LogP contribution >= 0.6 is 0 Å². The molecule has 0 amide bonds. The van der Waals surface area contributed by atoms with Crippen LogP contribution in [0.5, 0.6) is 0 Å². The van der Waals surface area contributed by atoms with Crippen LogP contribution in [0.3, 0.4) is 0 Å².